The fourth-order valence-electron chi connectivity index (χ4n) is 0.900. The van der Waals surface area contributed by atoms with Crippen molar-refractivity contribution in [2.45, 2.75) is 12.8 Å². The Labute approximate surface area is 55.8 Å². The van der Waals surface area contributed by atoms with Crippen LogP contribution in [0.5, 0.6) is 0 Å². The van der Waals surface area contributed by atoms with Crippen LogP contribution in [0.2, 0.25) is 0 Å². The highest BCUT2D eigenvalue weighted by molar-refractivity contribution is 5.79. The number of hydrogen-bond acceptors (Lipinski definition) is 1. The highest BCUT2D eigenvalue weighted by Crippen LogP contribution is 2.26. The first kappa shape index (κ1) is 6.59. The molecule has 1 aliphatic carbocycles. The second-order valence-corrected chi connectivity index (χ2v) is 2.69. The Kier molecular flexibility index (Phi) is 1.74. The van der Waals surface area contributed by atoms with Gasteiger partial charge in [0.25, 0.3) is 0 Å². The number of carbonyl (C=O) groups excluding carboxylic acids is 1. The lowest BCUT2D eigenvalue weighted by Crippen LogP contribution is -2.33. The molecule has 2 nitrogen and oxygen atoms in total. The maximum atomic E-state index is 11.0. The third kappa shape index (κ3) is 1.23. The van der Waals surface area contributed by atoms with Crippen LogP contribution in [0.25, 0.3) is 0 Å². The van der Waals surface area contributed by atoms with Crippen molar-refractivity contribution in [1.29, 1.82) is 0 Å². The molecule has 1 aliphatic rings. The quantitative estimate of drug-likeness (QED) is 0.506. The predicted molar refractivity (Wildman–Crippen MR) is 35.7 cm³/mol. The smallest absolute Gasteiger partial charge is 0.225 e. The van der Waals surface area contributed by atoms with Crippen LogP contribution in [0.4, 0.5) is 0 Å². The molecule has 0 bridgehead atoms. The normalized spacial score (nSPS) is 18.9. The minimum atomic E-state index is 0.275. The van der Waals surface area contributed by atoms with Gasteiger partial charge in [-0.3, -0.25) is 4.79 Å². The average Bonchev–Trinajstić information content (AvgIpc) is 1.60. The molecule has 0 heterocycles. The standard InChI is InChI=1S/C7H12NO/c1-8(2)7(9)6-4-3-5-6/h3,6H,4-5H2,1-2H3. The molecule has 0 aromatic rings. The molecule has 51 valence electrons. The van der Waals surface area contributed by atoms with Crippen molar-refractivity contribution >= 4 is 5.91 Å². The molecule has 1 rings (SSSR count). The average molecular weight is 126 g/mol. The van der Waals surface area contributed by atoms with Crippen molar-refractivity contribution < 1.29 is 4.79 Å². The number of hydrogen-bond donors (Lipinski definition) is 0. The van der Waals surface area contributed by atoms with Crippen LogP contribution in [-0.4, -0.2) is 24.9 Å². The summed E-state index contributed by atoms with van der Waals surface area (Å²) in [5, 5.41) is 0. The lowest BCUT2D eigenvalue weighted by molar-refractivity contribution is -0.134. The molecule has 0 saturated heterocycles. The minimum Gasteiger partial charge on any atom is -0.349 e. The highest BCUT2D eigenvalue weighted by Gasteiger charge is 2.26. The maximum absolute atomic E-state index is 11.0. The van der Waals surface area contributed by atoms with Crippen LogP contribution in [0.15, 0.2) is 0 Å². The van der Waals surface area contributed by atoms with E-state index in [9.17, 15) is 4.79 Å². The van der Waals surface area contributed by atoms with E-state index in [1.165, 1.54) is 0 Å². The van der Waals surface area contributed by atoms with E-state index in [0.717, 1.165) is 12.8 Å². The van der Waals surface area contributed by atoms with E-state index >= 15 is 0 Å². The van der Waals surface area contributed by atoms with E-state index in [2.05, 4.69) is 6.42 Å². The van der Waals surface area contributed by atoms with Crippen LogP contribution < -0.4 is 0 Å². The van der Waals surface area contributed by atoms with Crippen molar-refractivity contribution in [2.24, 2.45) is 5.92 Å². The first-order valence-corrected chi connectivity index (χ1v) is 3.24. The molecule has 0 atom stereocenters. The molecule has 2 heteroatoms. The van der Waals surface area contributed by atoms with Crippen molar-refractivity contribution in [3.8, 4) is 0 Å². The largest absolute Gasteiger partial charge is 0.349 e. The second kappa shape index (κ2) is 2.38. The number of amides is 1. The van der Waals surface area contributed by atoms with E-state index in [-0.39, 0.29) is 5.91 Å². The monoisotopic (exact) mass is 126 g/mol. The zero-order valence-electron chi connectivity index (χ0n) is 5.92. The van der Waals surface area contributed by atoms with Crippen LogP contribution in [-0.2, 0) is 4.79 Å². The number of rotatable bonds is 1. The number of carbonyl (C=O) groups is 1. The lowest BCUT2D eigenvalue weighted by Gasteiger charge is -2.26. The summed E-state index contributed by atoms with van der Waals surface area (Å²) in [5.41, 5.74) is 0. The van der Waals surface area contributed by atoms with Crippen molar-refractivity contribution in [3.63, 3.8) is 0 Å². The Bertz CT molecular complexity index is 116. The first-order chi connectivity index (χ1) is 4.22. The van der Waals surface area contributed by atoms with Crippen molar-refractivity contribution in [1.82, 2.24) is 4.90 Å². The van der Waals surface area contributed by atoms with Crippen LogP contribution in [0.3, 0.4) is 0 Å². The van der Waals surface area contributed by atoms with E-state index < -0.39 is 0 Å². The summed E-state index contributed by atoms with van der Waals surface area (Å²) in [6.07, 6.45) is 4.11. The molecular formula is C7H12NO. The SMILES string of the molecule is CN(C)C(=O)C1C[CH]C1. The third-order valence-electron chi connectivity index (χ3n) is 1.69. The van der Waals surface area contributed by atoms with E-state index in [0.29, 0.717) is 5.92 Å². The molecule has 0 spiro atoms. The Morgan fingerprint density at radius 3 is 2.22 bits per heavy atom. The summed E-state index contributed by atoms with van der Waals surface area (Å²) >= 11 is 0. The topological polar surface area (TPSA) is 20.3 Å². The van der Waals surface area contributed by atoms with Crippen LogP contribution in [0, 0.1) is 12.3 Å². The summed E-state index contributed by atoms with van der Waals surface area (Å²) in [6.45, 7) is 0. The lowest BCUT2D eigenvalue weighted by atomic mass is 9.84. The molecule has 1 fully saturated rings. The molecule has 0 aliphatic heterocycles. The number of nitrogens with zero attached hydrogens (tertiary/aromatic N) is 1. The van der Waals surface area contributed by atoms with Crippen LogP contribution >= 0.6 is 0 Å². The molecular weight excluding hydrogens is 114 g/mol. The first-order valence-electron chi connectivity index (χ1n) is 3.24. The van der Waals surface area contributed by atoms with Crippen LogP contribution in [0.1, 0.15) is 12.8 Å². The van der Waals surface area contributed by atoms with Gasteiger partial charge in [0.15, 0.2) is 0 Å². The van der Waals surface area contributed by atoms with Gasteiger partial charge in [-0.1, -0.05) is 0 Å². The summed E-state index contributed by atoms with van der Waals surface area (Å²) in [4.78, 5) is 12.7. The molecule has 0 unspecified atom stereocenters. The fraction of sp³-hybridized carbons (Fsp3) is 0.714. The summed E-state index contributed by atoms with van der Waals surface area (Å²) in [5.74, 6) is 0.581. The van der Waals surface area contributed by atoms with Crippen molar-refractivity contribution in [2.75, 3.05) is 14.1 Å². The zero-order valence-corrected chi connectivity index (χ0v) is 5.92. The molecule has 1 amide bonds. The maximum Gasteiger partial charge on any atom is 0.225 e. The van der Waals surface area contributed by atoms with Gasteiger partial charge in [-0.15, -0.1) is 0 Å². The van der Waals surface area contributed by atoms with E-state index in [1.54, 1.807) is 19.0 Å². The Hall–Kier alpha value is -0.530. The molecule has 0 aromatic carbocycles. The minimum absolute atomic E-state index is 0.275. The fourth-order valence-corrected chi connectivity index (χ4v) is 0.900. The van der Waals surface area contributed by atoms with Gasteiger partial charge in [0.2, 0.25) is 5.91 Å². The van der Waals surface area contributed by atoms with E-state index in [1.807, 2.05) is 0 Å². The van der Waals surface area contributed by atoms with E-state index in [4.69, 9.17) is 0 Å². The van der Waals surface area contributed by atoms with Gasteiger partial charge in [-0.2, -0.15) is 0 Å². The second-order valence-electron chi connectivity index (χ2n) is 2.69. The van der Waals surface area contributed by atoms with Gasteiger partial charge in [0.1, 0.15) is 0 Å². The van der Waals surface area contributed by atoms with Gasteiger partial charge in [0, 0.05) is 20.0 Å². The highest BCUT2D eigenvalue weighted by atomic mass is 16.2. The van der Waals surface area contributed by atoms with Gasteiger partial charge in [-0.25, -0.2) is 0 Å². The van der Waals surface area contributed by atoms with Gasteiger partial charge < -0.3 is 4.90 Å². The van der Waals surface area contributed by atoms with Gasteiger partial charge >= 0.3 is 0 Å². The molecule has 0 N–H and O–H groups in total. The summed E-state index contributed by atoms with van der Waals surface area (Å²) in [7, 11) is 3.61. The Morgan fingerprint density at radius 2 is 2.11 bits per heavy atom. The zero-order chi connectivity index (χ0) is 6.85. The Morgan fingerprint density at radius 1 is 1.56 bits per heavy atom. The summed E-state index contributed by atoms with van der Waals surface area (Å²) < 4.78 is 0. The Balaban J connectivity index is 2.32. The predicted octanol–water partition coefficient (Wildman–Crippen LogP) is 0.689. The van der Waals surface area contributed by atoms with Crippen molar-refractivity contribution in [3.05, 3.63) is 6.42 Å². The molecule has 1 saturated carbocycles. The molecule has 9 heavy (non-hydrogen) atoms. The molecule has 0 aromatic heterocycles. The molecule has 1 radical (unpaired) electrons. The third-order valence-corrected chi connectivity index (χ3v) is 1.69. The van der Waals surface area contributed by atoms with Gasteiger partial charge in [-0.05, 0) is 19.3 Å². The van der Waals surface area contributed by atoms with Gasteiger partial charge in [0.05, 0.1) is 0 Å². The summed E-state index contributed by atoms with van der Waals surface area (Å²) in [6, 6.07) is 0.